The molecule has 0 spiro atoms. The molecule has 5 heteroatoms. The molecule has 100 valence electrons. The summed E-state index contributed by atoms with van der Waals surface area (Å²) in [4.78, 5) is 14.1. The molecule has 2 N–H and O–H groups in total. The third-order valence-electron chi connectivity index (χ3n) is 3.04. The van der Waals surface area contributed by atoms with Gasteiger partial charge in [0.25, 0.3) is 0 Å². The molecule has 0 amide bonds. The zero-order valence-electron chi connectivity index (χ0n) is 10.2. The third-order valence-corrected chi connectivity index (χ3v) is 3.48. The topological polar surface area (TPSA) is 53.1 Å². The SMILES string of the molecule is O=C(O)c1ccc2cc(-c3cc(Cl)cc(Cl)c3)[nH]c2c1. The lowest BCUT2D eigenvalue weighted by Crippen LogP contribution is -1.94. The lowest BCUT2D eigenvalue weighted by molar-refractivity contribution is 0.0697. The quantitative estimate of drug-likeness (QED) is 0.711. The van der Waals surface area contributed by atoms with E-state index in [9.17, 15) is 4.79 Å². The molecule has 0 saturated heterocycles. The van der Waals surface area contributed by atoms with Gasteiger partial charge in [-0.25, -0.2) is 4.79 Å². The van der Waals surface area contributed by atoms with E-state index in [-0.39, 0.29) is 5.56 Å². The maximum Gasteiger partial charge on any atom is 0.335 e. The Morgan fingerprint density at radius 1 is 1.00 bits per heavy atom. The summed E-state index contributed by atoms with van der Waals surface area (Å²) in [6.45, 7) is 0. The summed E-state index contributed by atoms with van der Waals surface area (Å²) in [6, 6.07) is 12.2. The van der Waals surface area contributed by atoms with Crippen molar-refractivity contribution in [1.29, 1.82) is 0 Å². The maximum absolute atomic E-state index is 11.0. The van der Waals surface area contributed by atoms with Crippen LogP contribution in [0.3, 0.4) is 0 Å². The van der Waals surface area contributed by atoms with Crippen LogP contribution in [0.1, 0.15) is 10.4 Å². The van der Waals surface area contributed by atoms with Crippen LogP contribution in [-0.2, 0) is 0 Å². The lowest BCUT2D eigenvalue weighted by atomic mass is 10.1. The van der Waals surface area contributed by atoms with Gasteiger partial charge in [-0.3, -0.25) is 0 Å². The highest BCUT2D eigenvalue weighted by Gasteiger charge is 2.08. The Hall–Kier alpha value is -1.97. The van der Waals surface area contributed by atoms with Gasteiger partial charge in [0.1, 0.15) is 0 Å². The smallest absolute Gasteiger partial charge is 0.335 e. The number of carbonyl (C=O) groups is 1. The van der Waals surface area contributed by atoms with Crippen LogP contribution in [0.4, 0.5) is 0 Å². The van der Waals surface area contributed by atoms with Gasteiger partial charge in [0, 0.05) is 32.2 Å². The molecule has 20 heavy (non-hydrogen) atoms. The molecule has 0 aliphatic carbocycles. The summed E-state index contributed by atoms with van der Waals surface area (Å²) in [6.07, 6.45) is 0. The van der Waals surface area contributed by atoms with Gasteiger partial charge in [0.15, 0.2) is 0 Å². The first kappa shape index (κ1) is 13.0. The third kappa shape index (κ3) is 2.38. The molecule has 0 aliphatic heterocycles. The summed E-state index contributed by atoms with van der Waals surface area (Å²) in [5.74, 6) is -0.950. The fourth-order valence-corrected chi connectivity index (χ4v) is 2.65. The van der Waals surface area contributed by atoms with Gasteiger partial charge in [-0.2, -0.15) is 0 Å². The minimum absolute atomic E-state index is 0.245. The van der Waals surface area contributed by atoms with Crippen molar-refractivity contribution in [2.24, 2.45) is 0 Å². The molecular formula is C15H9Cl2NO2. The Kier molecular flexibility index (Phi) is 3.16. The largest absolute Gasteiger partial charge is 0.478 e. The molecule has 3 nitrogen and oxygen atoms in total. The van der Waals surface area contributed by atoms with Crippen molar-refractivity contribution in [1.82, 2.24) is 4.98 Å². The van der Waals surface area contributed by atoms with Crippen molar-refractivity contribution in [2.75, 3.05) is 0 Å². The average Bonchev–Trinajstić information content (AvgIpc) is 2.80. The van der Waals surface area contributed by atoms with Gasteiger partial charge in [0.05, 0.1) is 5.56 Å². The van der Waals surface area contributed by atoms with Gasteiger partial charge >= 0.3 is 5.97 Å². The molecule has 0 unspecified atom stereocenters. The molecule has 0 saturated carbocycles. The van der Waals surface area contributed by atoms with Crippen LogP contribution in [0.25, 0.3) is 22.2 Å². The second-order valence-corrected chi connectivity index (χ2v) is 5.32. The van der Waals surface area contributed by atoms with E-state index in [1.807, 2.05) is 6.07 Å². The van der Waals surface area contributed by atoms with Gasteiger partial charge < -0.3 is 10.1 Å². The van der Waals surface area contributed by atoms with Crippen LogP contribution in [0.15, 0.2) is 42.5 Å². The summed E-state index contributed by atoms with van der Waals surface area (Å²) in [5.41, 5.74) is 2.70. The number of aromatic amines is 1. The first-order valence-electron chi connectivity index (χ1n) is 5.85. The first-order valence-corrected chi connectivity index (χ1v) is 6.61. The van der Waals surface area contributed by atoms with Crippen LogP contribution >= 0.6 is 23.2 Å². The van der Waals surface area contributed by atoms with E-state index in [4.69, 9.17) is 28.3 Å². The standard InChI is InChI=1S/C15H9Cl2NO2/c16-11-3-10(4-12(17)7-11)14-5-8-1-2-9(15(19)20)6-13(8)18-14/h1-7,18H,(H,19,20). The number of hydrogen-bond donors (Lipinski definition) is 2. The van der Waals surface area contributed by atoms with Crippen LogP contribution in [0.2, 0.25) is 10.0 Å². The number of carboxylic acids is 1. The predicted octanol–water partition coefficient (Wildman–Crippen LogP) is 4.84. The molecule has 0 radical (unpaired) electrons. The van der Waals surface area contributed by atoms with E-state index in [1.54, 1.807) is 36.4 Å². The Labute approximate surface area is 124 Å². The second kappa shape index (κ2) is 4.85. The van der Waals surface area contributed by atoms with Crippen LogP contribution in [0, 0.1) is 0 Å². The number of halogens is 2. The number of hydrogen-bond acceptors (Lipinski definition) is 1. The highest BCUT2D eigenvalue weighted by Crippen LogP contribution is 2.29. The number of aromatic nitrogens is 1. The molecule has 1 heterocycles. The predicted molar refractivity (Wildman–Crippen MR) is 80.7 cm³/mol. The summed E-state index contributed by atoms with van der Waals surface area (Å²) >= 11 is 12.0. The monoisotopic (exact) mass is 305 g/mol. The van der Waals surface area contributed by atoms with Crippen molar-refractivity contribution in [3.8, 4) is 11.3 Å². The number of rotatable bonds is 2. The van der Waals surface area contributed by atoms with Gasteiger partial charge in [-0.1, -0.05) is 29.3 Å². The first-order chi connectivity index (χ1) is 9.52. The molecule has 0 aliphatic rings. The van der Waals surface area contributed by atoms with Crippen LogP contribution in [-0.4, -0.2) is 16.1 Å². The Balaban J connectivity index is 2.15. The number of benzene rings is 2. The van der Waals surface area contributed by atoms with E-state index < -0.39 is 5.97 Å². The Morgan fingerprint density at radius 3 is 2.35 bits per heavy atom. The molecule has 2 aromatic carbocycles. The summed E-state index contributed by atoms with van der Waals surface area (Å²) in [5, 5.41) is 11.0. The summed E-state index contributed by atoms with van der Waals surface area (Å²) in [7, 11) is 0. The minimum Gasteiger partial charge on any atom is -0.478 e. The maximum atomic E-state index is 11.0. The minimum atomic E-state index is -0.950. The molecule has 3 rings (SSSR count). The van der Waals surface area contributed by atoms with Crippen molar-refractivity contribution in [2.45, 2.75) is 0 Å². The number of H-pyrrole nitrogens is 1. The van der Waals surface area contributed by atoms with Gasteiger partial charge in [0.2, 0.25) is 0 Å². The number of aromatic carboxylic acids is 1. The van der Waals surface area contributed by atoms with Gasteiger partial charge in [-0.15, -0.1) is 0 Å². The van der Waals surface area contributed by atoms with E-state index in [0.29, 0.717) is 10.0 Å². The van der Waals surface area contributed by atoms with E-state index >= 15 is 0 Å². The molecule has 0 bridgehead atoms. The highest BCUT2D eigenvalue weighted by molar-refractivity contribution is 6.35. The van der Waals surface area contributed by atoms with E-state index in [2.05, 4.69) is 4.98 Å². The number of fused-ring (bicyclic) bond motifs is 1. The fraction of sp³-hybridized carbons (Fsp3) is 0. The van der Waals surface area contributed by atoms with Crippen molar-refractivity contribution < 1.29 is 9.90 Å². The normalized spacial score (nSPS) is 10.9. The Bertz CT molecular complexity index is 804. The second-order valence-electron chi connectivity index (χ2n) is 4.45. The van der Waals surface area contributed by atoms with Crippen LogP contribution < -0.4 is 0 Å². The van der Waals surface area contributed by atoms with Crippen molar-refractivity contribution in [3.05, 3.63) is 58.1 Å². The summed E-state index contributed by atoms with van der Waals surface area (Å²) < 4.78 is 0. The lowest BCUT2D eigenvalue weighted by Gasteiger charge is -2.00. The average molecular weight is 306 g/mol. The van der Waals surface area contributed by atoms with E-state index in [0.717, 1.165) is 22.2 Å². The molecule has 0 atom stereocenters. The number of nitrogens with one attached hydrogen (secondary N) is 1. The number of carboxylic acid groups (broad SMARTS) is 1. The van der Waals surface area contributed by atoms with E-state index in [1.165, 1.54) is 0 Å². The molecule has 0 fully saturated rings. The zero-order valence-corrected chi connectivity index (χ0v) is 11.7. The highest BCUT2D eigenvalue weighted by atomic mass is 35.5. The molecule has 1 aromatic heterocycles. The fourth-order valence-electron chi connectivity index (χ4n) is 2.12. The Morgan fingerprint density at radius 2 is 1.70 bits per heavy atom. The van der Waals surface area contributed by atoms with Crippen molar-refractivity contribution in [3.63, 3.8) is 0 Å². The van der Waals surface area contributed by atoms with Crippen molar-refractivity contribution >= 4 is 40.1 Å². The zero-order chi connectivity index (χ0) is 14.3. The molecule has 3 aromatic rings. The van der Waals surface area contributed by atoms with Gasteiger partial charge in [-0.05, 0) is 36.4 Å². The van der Waals surface area contributed by atoms with Crippen LogP contribution in [0.5, 0.6) is 0 Å². The molecular weight excluding hydrogens is 297 g/mol.